The number of fused-ring (bicyclic) bond motifs is 2. The molecule has 0 aliphatic heterocycles. The molecule has 1 saturated carbocycles. The van der Waals surface area contributed by atoms with Crippen molar-refractivity contribution >= 4 is 33.4 Å². The van der Waals surface area contributed by atoms with Crippen molar-refractivity contribution in [1.82, 2.24) is 25.1 Å². The van der Waals surface area contributed by atoms with Crippen LogP contribution in [0.3, 0.4) is 0 Å². The topological polar surface area (TPSA) is 99.3 Å². The lowest BCUT2D eigenvalue weighted by molar-refractivity contribution is -0.120. The number of amides is 1. The average Bonchev–Trinajstić information content (AvgIpc) is 3.48. The van der Waals surface area contributed by atoms with E-state index in [1.165, 1.54) is 6.42 Å². The summed E-state index contributed by atoms with van der Waals surface area (Å²) in [4.78, 5) is 24.7. The lowest BCUT2D eigenvalue weighted by Crippen LogP contribution is -2.24. The summed E-state index contributed by atoms with van der Waals surface area (Å²) in [6.45, 7) is 0. The maximum Gasteiger partial charge on any atom is 0.227 e. The number of carbonyl (C=O) groups excluding carboxylic acids is 1. The molecule has 0 atom stereocenters. The molecule has 4 aromatic heterocycles. The number of hydrogen-bond donors (Lipinski definition) is 3. The molecule has 0 bridgehead atoms. The fourth-order valence-corrected chi connectivity index (χ4v) is 4.77. The van der Waals surface area contributed by atoms with E-state index < -0.39 is 0 Å². The number of aromatic nitrogens is 5. The zero-order valence-corrected chi connectivity index (χ0v) is 18.1. The number of benzene rings is 1. The second-order valence-corrected chi connectivity index (χ2v) is 8.76. The molecule has 3 N–H and O–H groups in total. The van der Waals surface area contributed by atoms with Gasteiger partial charge in [-0.05, 0) is 48.7 Å². The van der Waals surface area contributed by atoms with Gasteiger partial charge in [0.05, 0.1) is 23.1 Å². The van der Waals surface area contributed by atoms with Crippen LogP contribution in [0.2, 0.25) is 0 Å². The molecule has 5 aromatic rings. The molecular formula is C26H24N6O. The van der Waals surface area contributed by atoms with Crippen molar-refractivity contribution in [3.05, 3.63) is 61.2 Å². The number of carbonyl (C=O) groups is 1. The van der Waals surface area contributed by atoms with Crippen molar-refractivity contribution in [2.75, 3.05) is 5.32 Å². The highest BCUT2D eigenvalue weighted by atomic mass is 16.1. The van der Waals surface area contributed by atoms with Crippen LogP contribution in [0.15, 0.2) is 61.2 Å². The number of nitrogens with zero attached hydrogens (tertiary/aromatic N) is 3. The first-order valence-corrected chi connectivity index (χ1v) is 11.4. The lowest BCUT2D eigenvalue weighted by atomic mass is 9.88. The highest BCUT2D eigenvalue weighted by molar-refractivity contribution is 5.98. The van der Waals surface area contributed by atoms with Gasteiger partial charge in [0, 0.05) is 46.4 Å². The van der Waals surface area contributed by atoms with Gasteiger partial charge in [-0.2, -0.15) is 5.10 Å². The van der Waals surface area contributed by atoms with Crippen molar-refractivity contribution in [2.24, 2.45) is 5.92 Å². The Morgan fingerprint density at radius 2 is 1.82 bits per heavy atom. The van der Waals surface area contributed by atoms with Gasteiger partial charge in [0.25, 0.3) is 0 Å². The Hall–Kier alpha value is -4.00. The lowest BCUT2D eigenvalue weighted by Gasteiger charge is -2.20. The molecule has 6 rings (SSSR count). The van der Waals surface area contributed by atoms with E-state index in [2.05, 4.69) is 42.6 Å². The first-order chi connectivity index (χ1) is 16.2. The predicted molar refractivity (Wildman–Crippen MR) is 130 cm³/mol. The second kappa shape index (κ2) is 8.16. The number of rotatable bonds is 4. The van der Waals surface area contributed by atoms with Crippen LogP contribution in [0.5, 0.6) is 0 Å². The molecule has 7 nitrogen and oxygen atoms in total. The van der Waals surface area contributed by atoms with Crippen molar-refractivity contribution < 1.29 is 4.79 Å². The van der Waals surface area contributed by atoms with E-state index in [1.807, 2.05) is 36.7 Å². The summed E-state index contributed by atoms with van der Waals surface area (Å²) in [5.74, 6) is 0.216. The van der Waals surface area contributed by atoms with Gasteiger partial charge in [0.2, 0.25) is 5.91 Å². The zero-order valence-electron chi connectivity index (χ0n) is 18.1. The van der Waals surface area contributed by atoms with Gasteiger partial charge >= 0.3 is 0 Å². The van der Waals surface area contributed by atoms with Crippen molar-refractivity contribution in [3.63, 3.8) is 0 Å². The molecule has 1 aliphatic carbocycles. The standard InChI is InChI=1S/C26H24N6O/c33-26(16-4-2-1-3-5-16)29-20-10-18(13-28-15-20)17-6-7-23-21(11-17)25(32-31-23)24-12-19-14-27-9-8-22(19)30-24/h6-16,30H,1-5H2,(H,29,33)(H,31,32). The molecule has 0 spiro atoms. The van der Waals surface area contributed by atoms with Crippen LogP contribution in [-0.4, -0.2) is 31.1 Å². The molecule has 1 fully saturated rings. The summed E-state index contributed by atoms with van der Waals surface area (Å²) < 4.78 is 0. The summed E-state index contributed by atoms with van der Waals surface area (Å²) in [5.41, 5.74) is 6.48. The van der Waals surface area contributed by atoms with E-state index in [1.54, 1.807) is 12.4 Å². The van der Waals surface area contributed by atoms with Crippen LogP contribution < -0.4 is 5.32 Å². The quantitative estimate of drug-likeness (QED) is 0.337. The summed E-state index contributed by atoms with van der Waals surface area (Å²) >= 11 is 0. The summed E-state index contributed by atoms with van der Waals surface area (Å²) in [7, 11) is 0. The molecule has 33 heavy (non-hydrogen) atoms. The van der Waals surface area contributed by atoms with Gasteiger partial charge in [-0.3, -0.25) is 19.9 Å². The minimum atomic E-state index is 0.106. The van der Waals surface area contributed by atoms with Gasteiger partial charge in [0.15, 0.2) is 0 Å². The molecule has 7 heteroatoms. The number of pyridine rings is 2. The Morgan fingerprint density at radius 1 is 0.909 bits per heavy atom. The first-order valence-electron chi connectivity index (χ1n) is 11.4. The van der Waals surface area contributed by atoms with E-state index >= 15 is 0 Å². The van der Waals surface area contributed by atoms with Gasteiger partial charge in [0.1, 0.15) is 5.69 Å². The molecule has 1 aromatic carbocycles. The zero-order chi connectivity index (χ0) is 22.2. The van der Waals surface area contributed by atoms with Crippen LogP contribution in [0.25, 0.3) is 44.3 Å². The Kier molecular flexibility index (Phi) is 4.87. The minimum Gasteiger partial charge on any atom is -0.353 e. The third-order valence-electron chi connectivity index (χ3n) is 6.55. The van der Waals surface area contributed by atoms with Gasteiger partial charge in [-0.15, -0.1) is 0 Å². The van der Waals surface area contributed by atoms with Crippen molar-refractivity contribution in [2.45, 2.75) is 32.1 Å². The molecule has 0 unspecified atom stereocenters. The Bertz CT molecular complexity index is 1430. The second-order valence-electron chi connectivity index (χ2n) is 8.76. The van der Waals surface area contributed by atoms with Crippen LogP contribution in [0, 0.1) is 5.92 Å². The molecule has 1 amide bonds. The summed E-state index contributed by atoms with van der Waals surface area (Å²) in [6, 6.07) is 12.2. The maximum atomic E-state index is 12.7. The number of hydrogen-bond acceptors (Lipinski definition) is 4. The van der Waals surface area contributed by atoms with E-state index in [-0.39, 0.29) is 11.8 Å². The largest absolute Gasteiger partial charge is 0.353 e. The van der Waals surface area contributed by atoms with Crippen molar-refractivity contribution in [1.29, 1.82) is 0 Å². The van der Waals surface area contributed by atoms with E-state index in [0.29, 0.717) is 0 Å². The average molecular weight is 437 g/mol. The third-order valence-corrected chi connectivity index (χ3v) is 6.55. The first kappa shape index (κ1) is 19.7. The van der Waals surface area contributed by atoms with Gasteiger partial charge in [-0.25, -0.2) is 0 Å². The van der Waals surface area contributed by atoms with Crippen LogP contribution in [0.4, 0.5) is 5.69 Å². The Labute approximate surface area is 190 Å². The molecule has 164 valence electrons. The van der Waals surface area contributed by atoms with Crippen LogP contribution >= 0.6 is 0 Å². The molecule has 1 aliphatic rings. The van der Waals surface area contributed by atoms with E-state index in [9.17, 15) is 4.79 Å². The number of anilines is 1. The SMILES string of the molecule is O=C(Nc1cncc(-c2ccc3[nH]nc(-c4cc5cnccc5[nH]4)c3c2)c1)C1CCCCC1. The smallest absolute Gasteiger partial charge is 0.227 e. The van der Waals surface area contributed by atoms with E-state index in [0.717, 1.165) is 75.7 Å². The minimum absolute atomic E-state index is 0.106. The Morgan fingerprint density at radius 3 is 2.70 bits per heavy atom. The molecule has 0 saturated heterocycles. The Balaban J connectivity index is 1.32. The molecular weight excluding hydrogens is 412 g/mol. The maximum absolute atomic E-state index is 12.7. The molecule has 0 radical (unpaired) electrons. The summed E-state index contributed by atoms with van der Waals surface area (Å²) in [5, 5.41) is 12.8. The van der Waals surface area contributed by atoms with Gasteiger partial charge in [-0.1, -0.05) is 25.3 Å². The third kappa shape index (κ3) is 3.75. The monoisotopic (exact) mass is 436 g/mol. The van der Waals surface area contributed by atoms with Crippen LogP contribution in [0.1, 0.15) is 32.1 Å². The summed E-state index contributed by atoms with van der Waals surface area (Å²) in [6.07, 6.45) is 12.6. The fraction of sp³-hybridized carbons (Fsp3) is 0.231. The molecule has 4 heterocycles. The number of aromatic amines is 2. The highest BCUT2D eigenvalue weighted by Gasteiger charge is 2.21. The normalized spacial score (nSPS) is 14.7. The highest BCUT2D eigenvalue weighted by Crippen LogP contribution is 2.32. The predicted octanol–water partition coefficient (Wildman–Crippen LogP) is 5.69. The number of nitrogens with one attached hydrogen (secondary N) is 3. The van der Waals surface area contributed by atoms with Gasteiger partial charge < -0.3 is 10.3 Å². The number of H-pyrrole nitrogens is 2. The van der Waals surface area contributed by atoms with E-state index in [4.69, 9.17) is 0 Å². The van der Waals surface area contributed by atoms with Crippen LogP contribution in [-0.2, 0) is 4.79 Å². The van der Waals surface area contributed by atoms with Crippen molar-refractivity contribution in [3.8, 4) is 22.5 Å². The fourth-order valence-electron chi connectivity index (χ4n) is 4.77.